The maximum Gasteiger partial charge on any atom is 0.253 e. The Morgan fingerprint density at radius 1 is 1.38 bits per heavy atom. The fourth-order valence-corrected chi connectivity index (χ4v) is 2.39. The molecule has 1 aliphatic rings. The van der Waals surface area contributed by atoms with Crippen molar-refractivity contribution in [1.82, 2.24) is 19.7 Å². The molecule has 1 saturated carbocycles. The van der Waals surface area contributed by atoms with Gasteiger partial charge in [-0.05, 0) is 37.1 Å². The van der Waals surface area contributed by atoms with Gasteiger partial charge in [0.05, 0.1) is 6.61 Å². The average Bonchev–Trinajstić information content (AvgIpc) is 3.37. The van der Waals surface area contributed by atoms with Gasteiger partial charge in [-0.2, -0.15) is 5.10 Å². The topological polar surface area (TPSA) is 80.5 Å². The number of aliphatic hydroxyl groups excluding tert-OH is 1. The van der Waals surface area contributed by atoms with Gasteiger partial charge in [-0.15, -0.1) is 0 Å². The lowest BCUT2D eigenvalue weighted by Crippen LogP contribution is -2.29. The van der Waals surface area contributed by atoms with Gasteiger partial charge in [0.15, 0.2) is 11.6 Å². The number of ether oxygens (including phenoxy) is 1. The third-order valence-corrected chi connectivity index (χ3v) is 4.06. The van der Waals surface area contributed by atoms with Crippen molar-refractivity contribution in [2.45, 2.75) is 25.4 Å². The maximum atomic E-state index is 12.1. The molecule has 24 heavy (non-hydrogen) atoms. The molecule has 2 aromatic rings. The molecule has 1 aromatic heterocycles. The first-order valence-corrected chi connectivity index (χ1v) is 8.07. The van der Waals surface area contributed by atoms with Crippen molar-refractivity contribution >= 4 is 5.91 Å². The fraction of sp³-hybridized carbons (Fsp3) is 0.471. The molecule has 1 heterocycles. The Kier molecular flexibility index (Phi) is 4.80. The van der Waals surface area contributed by atoms with Crippen molar-refractivity contribution in [2.75, 3.05) is 20.2 Å². The third kappa shape index (κ3) is 3.73. The van der Waals surface area contributed by atoms with E-state index >= 15 is 0 Å². The maximum absolute atomic E-state index is 12.1. The summed E-state index contributed by atoms with van der Waals surface area (Å²) >= 11 is 0. The van der Waals surface area contributed by atoms with Gasteiger partial charge in [0, 0.05) is 32.1 Å². The van der Waals surface area contributed by atoms with E-state index in [2.05, 4.69) is 10.1 Å². The number of carbonyl (C=O) groups is 1. The first kappa shape index (κ1) is 16.4. The summed E-state index contributed by atoms with van der Waals surface area (Å²) < 4.78 is 7.50. The molecule has 0 aliphatic heterocycles. The van der Waals surface area contributed by atoms with Crippen molar-refractivity contribution in [2.24, 2.45) is 7.05 Å². The highest BCUT2D eigenvalue weighted by Gasteiger charge is 2.28. The van der Waals surface area contributed by atoms with Crippen molar-refractivity contribution in [1.29, 1.82) is 0 Å². The number of aromatic nitrogens is 3. The first-order valence-electron chi connectivity index (χ1n) is 8.07. The minimum Gasteiger partial charge on any atom is -0.486 e. The number of carbonyl (C=O) groups excluding carboxylic acids is 1. The molecule has 1 fully saturated rings. The minimum absolute atomic E-state index is 0.0516. The number of benzene rings is 1. The first-order chi connectivity index (χ1) is 11.6. The summed E-state index contributed by atoms with van der Waals surface area (Å²) in [5.41, 5.74) is 0.563. The molecule has 0 bridgehead atoms. The van der Waals surface area contributed by atoms with Crippen LogP contribution in [0.15, 0.2) is 24.3 Å². The average molecular weight is 330 g/mol. The molecular formula is C17H22N4O3. The Labute approximate surface area is 140 Å². The fourth-order valence-electron chi connectivity index (χ4n) is 2.39. The SMILES string of the molecule is CN(CCO)C(=O)c1ccc(OCc2nc(C3CC3)nn2C)cc1. The molecular weight excluding hydrogens is 308 g/mol. The third-order valence-electron chi connectivity index (χ3n) is 4.06. The second kappa shape index (κ2) is 7.00. The highest BCUT2D eigenvalue weighted by atomic mass is 16.5. The molecule has 1 amide bonds. The summed E-state index contributed by atoms with van der Waals surface area (Å²) in [6, 6.07) is 6.96. The lowest BCUT2D eigenvalue weighted by molar-refractivity contribution is 0.0767. The van der Waals surface area contributed by atoms with Crippen LogP contribution in [0, 0.1) is 0 Å². The number of aryl methyl sites for hydroxylation is 1. The van der Waals surface area contributed by atoms with E-state index in [0.29, 0.717) is 30.4 Å². The van der Waals surface area contributed by atoms with Crippen LogP contribution in [0.25, 0.3) is 0 Å². The van der Waals surface area contributed by atoms with E-state index in [9.17, 15) is 4.79 Å². The molecule has 0 saturated heterocycles. The van der Waals surface area contributed by atoms with Crippen LogP contribution >= 0.6 is 0 Å². The zero-order valence-corrected chi connectivity index (χ0v) is 14.0. The van der Waals surface area contributed by atoms with E-state index in [1.807, 2.05) is 7.05 Å². The Balaban J connectivity index is 1.59. The molecule has 0 spiro atoms. The zero-order chi connectivity index (χ0) is 17.1. The van der Waals surface area contributed by atoms with Gasteiger partial charge in [-0.3, -0.25) is 4.79 Å². The van der Waals surface area contributed by atoms with Crippen LogP contribution in [-0.4, -0.2) is 50.9 Å². The highest BCUT2D eigenvalue weighted by Crippen LogP contribution is 2.38. The van der Waals surface area contributed by atoms with E-state index < -0.39 is 0 Å². The van der Waals surface area contributed by atoms with Crippen molar-refractivity contribution in [3.63, 3.8) is 0 Å². The summed E-state index contributed by atoms with van der Waals surface area (Å²) in [6.07, 6.45) is 2.34. The van der Waals surface area contributed by atoms with Gasteiger partial charge in [0.1, 0.15) is 12.4 Å². The number of hydrogen-bond donors (Lipinski definition) is 1. The summed E-state index contributed by atoms with van der Waals surface area (Å²) in [5, 5.41) is 13.3. The zero-order valence-electron chi connectivity index (χ0n) is 14.0. The normalized spacial score (nSPS) is 13.8. The molecule has 128 valence electrons. The highest BCUT2D eigenvalue weighted by molar-refractivity contribution is 5.94. The molecule has 1 N–H and O–H groups in total. The molecule has 1 aliphatic carbocycles. The number of amides is 1. The summed E-state index contributed by atoms with van der Waals surface area (Å²) in [7, 11) is 3.53. The predicted octanol–water partition coefficient (Wildman–Crippen LogP) is 1.34. The van der Waals surface area contributed by atoms with Crippen LogP contribution in [0.2, 0.25) is 0 Å². The van der Waals surface area contributed by atoms with Crippen molar-refractivity contribution in [3.05, 3.63) is 41.5 Å². The van der Waals surface area contributed by atoms with Crippen molar-refractivity contribution in [3.8, 4) is 5.75 Å². The molecule has 0 unspecified atom stereocenters. The molecule has 0 radical (unpaired) electrons. The lowest BCUT2D eigenvalue weighted by atomic mass is 10.2. The Morgan fingerprint density at radius 3 is 2.71 bits per heavy atom. The molecule has 7 nitrogen and oxygen atoms in total. The smallest absolute Gasteiger partial charge is 0.253 e. The van der Waals surface area contributed by atoms with Crippen LogP contribution in [-0.2, 0) is 13.7 Å². The van der Waals surface area contributed by atoms with E-state index in [-0.39, 0.29) is 12.5 Å². The summed E-state index contributed by atoms with van der Waals surface area (Å²) in [4.78, 5) is 18.1. The largest absolute Gasteiger partial charge is 0.486 e. The van der Waals surface area contributed by atoms with E-state index in [1.54, 1.807) is 36.0 Å². The summed E-state index contributed by atoms with van der Waals surface area (Å²) in [5.74, 6) is 2.76. The van der Waals surface area contributed by atoms with Gasteiger partial charge in [-0.1, -0.05) is 0 Å². The van der Waals surface area contributed by atoms with Gasteiger partial charge in [-0.25, -0.2) is 9.67 Å². The van der Waals surface area contributed by atoms with Crippen LogP contribution < -0.4 is 4.74 Å². The second-order valence-electron chi connectivity index (χ2n) is 6.05. The number of rotatable bonds is 7. The number of hydrogen-bond acceptors (Lipinski definition) is 5. The Hall–Kier alpha value is -2.41. The molecule has 0 atom stereocenters. The van der Waals surface area contributed by atoms with E-state index in [0.717, 1.165) is 11.6 Å². The Bertz CT molecular complexity index is 707. The molecule has 7 heteroatoms. The van der Waals surface area contributed by atoms with E-state index in [1.165, 1.54) is 17.7 Å². The van der Waals surface area contributed by atoms with E-state index in [4.69, 9.17) is 9.84 Å². The quantitative estimate of drug-likeness (QED) is 0.828. The minimum atomic E-state index is -0.127. The van der Waals surface area contributed by atoms with Gasteiger partial charge in [0.2, 0.25) is 0 Å². The molecule has 1 aromatic carbocycles. The predicted molar refractivity (Wildman–Crippen MR) is 87.8 cm³/mol. The summed E-state index contributed by atoms with van der Waals surface area (Å²) in [6.45, 7) is 0.602. The molecule has 3 rings (SSSR count). The number of aliphatic hydroxyl groups is 1. The number of likely N-dealkylation sites (N-methyl/N-ethyl adjacent to an activating group) is 1. The lowest BCUT2D eigenvalue weighted by Gasteiger charge is -2.15. The Morgan fingerprint density at radius 2 is 2.08 bits per heavy atom. The van der Waals surface area contributed by atoms with Crippen LogP contribution in [0.1, 0.15) is 40.8 Å². The van der Waals surface area contributed by atoms with Gasteiger partial charge >= 0.3 is 0 Å². The monoisotopic (exact) mass is 330 g/mol. The van der Waals surface area contributed by atoms with Crippen LogP contribution in [0.4, 0.5) is 0 Å². The van der Waals surface area contributed by atoms with Crippen LogP contribution in [0.5, 0.6) is 5.75 Å². The standard InChI is InChI=1S/C17H22N4O3/c1-20(9-10-22)17(23)13-5-7-14(8-6-13)24-11-15-18-16(12-3-4-12)19-21(15)2/h5-8,12,22H,3-4,9-11H2,1-2H3. The second-order valence-corrected chi connectivity index (χ2v) is 6.05. The number of nitrogens with zero attached hydrogens (tertiary/aromatic N) is 4. The van der Waals surface area contributed by atoms with Gasteiger partial charge < -0.3 is 14.7 Å². The van der Waals surface area contributed by atoms with Gasteiger partial charge in [0.25, 0.3) is 5.91 Å². The van der Waals surface area contributed by atoms with Crippen LogP contribution in [0.3, 0.4) is 0 Å². The van der Waals surface area contributed by atoms with Crippen molar-refractivity contribution < 1.29 is 14.6 Å².